The van der Waals surface area contributed by atoms with E-state index in [4.69, 9.17) is 18.8 Å². The molecule has 0 aliphatic rings. The zero-order valence-electron chi connectivity index (χ0n) is 5.06. The minimum atomic E-state index is -0.472. The van der Waals surface area contributed by atoms with Gasteiger partial charge in [0.25, 0.3) is 0 Å². The number of unbranched alkanes of at least 4 members (excludes halogenated alkanes) is 1. The van der Waals surface area contributed by atoms with E-state index in [1.54, 1.807) is 0 Å². The van der Waals surface area contributed by atoms with E-state index in [0.29, 0.717) is 0 Å². The molecule has 3 heteroatoms. The van der Waals surface area contributed by atoms with Crippen LogP contribution in [0.15, 0.2) is 25.3 Å². The molecular formula is C6H10Cl2Pt. The number of hydrogen-bond acceptors (Lipinski definition) is 0. The monoisotopic (exact) mass is 347 g/mol. The first kappa shape index (κ1) is 12.4. The van der Waals surface area contributed by atoms with E-state index in [-0.39, 0.29) is 0 Å². The van der Waals surface area contributed by atoms with Crippen molar-refractivity contribution in [3.05, 3.63) is 25.3 Å². The van der Waals surface area contributed by atoms with E-state index in [1.165, 1.54) is 0 Å². The Balaban J connectivity index is 0. The molecule has 0 aromatic heterocycles. The molecule has 0 atom stereocenters. The Bertz CT molecular complexity index is 56.1. The second-order valence-corrected chi connectivity index (χ2v) is 4.48. The van der Waals surface area contributed by atoms with Gasteiger partial charge in [0.1, 0.15) is 0 Å². The van der Waals surface area contributed by atoms with Gasteiger partial charge >= 0.3 is 35.3 Å². The first-order chi connectivity index (χ1) is 4.33. The predicted octanol–water partition coefficient (Wildman–Crippen LogP) is 3.52. The fourth-order valence-electron chi connectivity index (χ4n) is 0.236. The van der Waals surface area contributed by atoms with Crippen molar-refractivity contribution in [3.63, 3.8) is 0 Å². The third kappa shape index (κ3) is 28.4. The molecule has 0 aromatic rings. The molecule has 0 amide bonds. The summed E-state index contributed by atoms with van der Waals surface area (Å²) in [4.78, 5) is 0. The van der Waals surface area contributed by atoms with Crippen molar-refractivity contribution < 1.29 is 16.5 Å². The second-order valence-electron chi connectivity index (χ2n) is 1.20. The standard InChI is InChI=1S/C6H10.2ClH.Pt/c1-3-5-6-4-2;;;/h3-4H,1-2,5-6H2;2*1H;/q;;;+2/p-2. The molecule has 9 heavy (non-hydrogen) atoms. The van der Waals surface area contributed by atoms with Crippen molar-refractivity contribution in [2.75, 3.05) is 0 Å². The number of hydrogen-bond donors (Lipinski definition) is 0. The van der Waals surface area contributed by atoms with Crippen LogP contribution in [0.3, 0.4) is 0 Å². The Morgan fingerprint density at radius 3 is 1.44 bits per heavy atom. The van der Waals surface area contributed by atoms with Gasteiger partial charge in [-0.15, -0.1) is 13.2 Å². The maximum atomic E-state index is 4.88. The van der Waals surface area contributed by atoms with Crippen LogP contribution in [0.25, 0.3) is 0 Å². The summed E-state index contributed by atoms with van der Waals surface area (Å²) in [5.74, 6) is 0. The average molecular weight is 348 g/mol. The van der Waals surface area contributed by atoms with E-state index in [0.717, 1.165) is 12.8 Å². The van der Waals surface area contributed by atoms with Crippen LogP contribution in [0.4, 0.5) is 0 Å². The van der Waals surface area contributed by atoms with E-state index in [9.17, 15) is 0 Å². The number of rotatable bonds is 3. The SMILES string of the molecule is C=CCCC=C.[Cl][Pt][Cl]. The predicted molar refractivity (Wildman–Crippen MR) is 41.3 cm³/mol. The molecule has 0 heterocycles. The van der Waals surface area contributed by atoms with E-state index in [2.05, 4.69) is 13.2 Å². The van der Waals surface area contributed by atoms with Crippen LogP contribution >= 0.6 is 18.8 Å². The Kier molecular flexibility index (Phi) is 21.9. The van der Waals surface area contributed by atoms with Crippen LogP contribution in [0.2, 0.25) is 0 Å². The normalized spacial score (nSPS) is 7.33. The van der Waals surface area contributed by atoms with Crippen LogP contribution in [-0.2, 0) is 16.5 Å². The summed E-state index contributed by atoms with van der Waals surface area (Å²) in [6, 6.07) is 0. The minimum absolute atomic E-state index is 0.472. The summed E-state index contributed by atoms with van der Waals surface area (Å²) in [7, 11) is 9.75. The van der Waals surface area contributed by atoms with Crippen LogP contribution in [0.5, 0.6) is 0 Å². The van der Waals surface area contributed by atoms with Gasteiger partial charge in [-0.1, -0.05) is 12.2 Å². The quantitative estimate of drug-likeness (QED) is 0.541. The Morgan fingerprint density at radius 2 is 1.33 bits per heavy atom. The van der Waals surface area contributed by atoms with Crippen LogP contribution in [-0.4, -0.2) is 0 Å². The van der Waals surface area contributed by atoms with Gasteiger partial charge < -0.3 is 0 Å². The van der Waals surface area contributed by atoms with Crippen molar-refractivity contribution in [3.8, 4) is 0 Å². The molecule has 0 fully saturated rings. The zero-order valence-corrected chi connectivity index (χ0v) is 8.84. The Hall–Kier alpha value is 0.748. The summed E-state index contributed by atoms with van der Waals surface area (Å²) >= 11 is -0.472. The van der Waals surface area contributed by atoms with Crippen molar-refractivity contribution >= 4 is 18.8 Å². The molecule has 0 radical (unpaired) electrons. The van der Waals surface area contributed by atoms with E-state index >= 15 is 0 Å². The molecular weight excluding hydrogens is 338 g/mol. The first-order valence-corrected chi connectivity index (χ1v) is 8.00. The summed E-state index contributed by atoms with van der Waals surface area (Å²) in [6.45, 7) is 7.10. The van der Waals surface area contributed by atoms with Gasteiger partial charge in [0.15, 0.2) is 0 Å². The van der Waals surface area contributed by atoms with E-state index in [1.807, 2.05) is 12.2 Å². The van der Waals surface area contributed by atoms with Crippen molar-refractivity contribution in [1.82, 2.24) is 0 Å². The molecule has 0 unspecified atom stereocenters. The van der Waals surface area contributed by atoms with E-state index < -0.39 is 16.5 Å². The van der Waals surface area contributed by atoms with Gasteiger partial charge in [0.05, 0.1) is 0 Å². The molecule has 0 aliphatic heterocycles. The number of allylic oxidation sites excluding steroid dienone is 2. The maximum absolute atomic E-state index is 4.88. The van der Waals surface area contributed by atoms with Gasteiger partial charge in [0.2, 0.25) is 0 Å². The molecule has 0 nitrogen and oxygen atoms in total. The van der Waals surface area contributed by atoms with Crippen LogP contribution < -0.4 is 0 Å². The fourth-order valence-corrected chi connectivity index (χ4v) is 0.236. The first-order valence-electron chi connectivity index (χ1n) is 2.37. The topological polar surface area (TPSA) is 0 Å². The zero-order chi connectivity index (χ0) is 7.54. The van der Waals surface area contributed by atoms with Crippen molar-refractivity contribution in [2.24, 2.45) is 0 Å². The molecule has 0 N–H and O–H groups in total. The molecule has 0 saturated carbocycles. The van der Waals surface area contributed by atoms with Gasteiger partial charge in [-0.25, -0.2) is 0 Å². The summed E-state index contributed by atoms with van der Waals surface area (Å²) < 4.78 is 0. The third-order valence-corrected chi connectivity index (χ3v) is 0.575. The van der Waals surface area contributed by atoms with Crippen molar-refractivity contribution in [2.45, 2.75) is 12.8 Å². The van der Waals surface area contributed by atoms with Gasteiger partial charge in [0, 0.05) is 0 Å². The molecule has 0 spiro atoms. The molecule has 0 rings (SSSR count). The molecule has 0 aromatic carbocycles. The average Bonchev–Trinajstić information content (AvgIpc) is 1.86. The molecule has 0 bridgehead atoms. The fraction of sp³-hybridized carbons (Fsp3) is 0.333. The Labute approximate surface area is 73.3 Å². The second kappa shape index (κ2) is 15.9. The van der Waals surface area contributed by atoms with Gasteiger partial charge in [-0.2, -0.15) is 0 Å². The third-order valence-electron chi connectivity index (χ3n) is 0.575. The Morgan fingerprint density at radius 1 is 1.11 bits per heavy atom. The van der Waals surface area contributed by atoms with Crippen LogP contribution in [0.1, 0.15) is 12.8 Å². The molecule has 0 aliphatic carbocycles. The summed E-state index contributed by atoms with van der Waals surface area (Å²) in [6.07, 6.45) is 5.90. The van der Waals surface area contributed by atoms with Gasteiger partial charge in [-0.05, 0) is 12.8 Å². The molecule has 58 valence electrons. The number of halogens is 2. The van der Waals surface area contributed by atoms with Gasteiger partial charge in [-0.3, -0.25) is 0 Å². The summed E-state index contributed by atoms with van der Waals surface area (Å²) in [5.41, 5.74) is 0. The van der Waals surface area contributed by atoms with Crippen molar-refractivity contribution in [1.29, 1.82) is 0 Å². The molecule has 0 saturated heterocycles. The summed E-state index contributed by atoms with van der Waals surface area (Å²) in [5, 5.41) is 0. The van der Waals surface area contributed by atoms with Crippen LogP contribution in [0, 0.1) is 0 Å².